The van der Waals surface area contributed by atoms with Gasteiger partial charge in [-0.2, -0.15) is 0 Å². The van der Waals surface area contributed by atoms with Crippen LogP contribution < -0.4 is 5.73 Å². The second kappa shape index (κ2) is 8.26. The summed E-state index contributed by atoms with van der Waals surface area (Å²) in [6.07, 6.45) is 8.08. The van der Waals surface area contributed by atoms with Gasteiger partial charge in [0.25, 0.3) is 0 Å². The van der Waals surface area contributed by atoms with Gasteiger partial charge in [0.1, 0.15) is 0 Å². The van der Waals surface area contributed by atoms with Crippen LogP contribution in [-0.2, 0) is 0 Å². The maximum atomic E-state index is 5.77. The van der Waals surface area contributed by atoms with E-state index in [0.717, 1.165) is 18.4 Å². The summed E-state index contributed by atoms with van der Waals surface area (Å²) >= 11 is 0. The summed E-state index contributed by atoms with van der Waals surface area (Å²) in [5, 5.41) is 0. The minimum atomic E-state index is 0.409. The van der Waals surface area contributed by atoms with Crippen molar-refractivity contribution >= 4 is 0 Å². The fourth-order valence-electron chi connectivity index (χ4n) is 3.32. The molecule has 0 aromatic carbocycles. The fraction of sp³-hybridized carbons (Fsp3) is 1.00. The van der Waals surface area contributed by atoms with E-state index < -0.39 is 0 Å². The molecular weight excluding hydrogens is 232 g/mol. The van der Waals surface area contributed by atoms with Crippen LogP contribution in [0.15, 0.2) is 0 Å². The SMILES string of the molecule is CC1CCCN(CCCC(CCN)C(C)(C)C)CC1. The number of rotatable bonds is 6. The Balaban J connectivity index is 2.27. The zero-order chi connectivity index (χ0) is 14.3. The molecule has 2 atom stereocenters. The van der Waals surface area contributed by atoms with Crippen LogP contribution in [0.25, 0.3) is 0 Å². The van der Waals surface area contributed by atoms with Crippen LogP contribution in [0.2, 0.25) is 0 Å². The molecule has 114 valence electrons. The van der Waals surface area contributed by atoms with Crippen molar-refractivity contribution in [3.8, 4) is 0 Å². The third-order valence-electron chi connectivity index (χ3n) is 4.88. The molecule has 0 radical (unpaired) electrons. The Morgan fingerprint density at radius 2 is 1.89 bits per heavy atom. The van der Waals surface area contributed by atoms with E-state index in [4.69, 9.17) is 5.73 Å². The van der Waals surface area contributed by atoms with Gasteiger partial charge in [0, 0.05) is 0 Å². The zero-order valence-electron chi connectivity index (χ0n) is 13.8. The molecule has 2 heteroatoms. The van der Waals surface area contributed by atoms with Gasteiger partial charge in [0.2, 0.25) is 0 Å². The molecule has 0 saturated carbocycles. The molecule has 0 amide bonds. The van der Waals surface area contributed by atoms with Gasteiger partial charge in [-0.25, -0.2) is 0 Å². The van der Waals surface area contributed by atoms with Gasteiger partial charge in [-0.1, -0.05) is 27.7 Å². The highest BCUT2D eigenvalue weighted by molar-refractivity contribution is 4.75. The molecule has 19 heavy (non-hydrogen) atoms. The highest BCUT2D eigenvalue weighted by Gasteiger charge is 2.23. The smallest absolute Gasteiger partial charge is 0.00162 e. The molecule has 2 nitrogen and oxygen atoms in total. The molecule has 2 unspecified atom stereocenters. The predicted molar refractivity (Wildman–Crippen MR) is 85.3 cm³/mol. The fourth-order valence-corrected chi connectivity index (χ4v) is 3.32. The molecule has 0 aromatic heterocycles. The highest BCUT2D eigenvalue weighted by atomic mass is 15.1. The van der Waals surface area contributed by atoms with E-state index in [0.29, 0.717) is 5.41 Å². The summed E-state index contributed by atoms with van der Waals surface area (Å²) in [6.45, 7) is 14.3. The monoisotopic (exact) mass is 268 g/mol. The second-order valence-corrected chi connectivity index (χ2v) is 7.66. The van der Waals surface area contributed by atoms with Crippen LogP contribution >= 0.6 is 0 Å². The van der Waals surface area contributed by atoms with Crippen LogP contribution in [0.4, 0.5) is 0 Å². The van der Waals surface area contributed by atoms with Crippen molar-refractivity contribution in [2.45, 2.75) is 66.2 Å². The van der Waals surface area contributed by atoms with Crippen LogP contribution in [0.3, 0.4) is 0 Å². The quantitative estimate of drug-likeness (QED) is 0.791. The van der Waals surface area contributed by atoms with Crippen molar-refractivity contribution in [1.29, 1.82) is 0 Å². The van der Waals surface area contributed by atoms with Gasteiger partial charge in [-0.3, -0.25) is 0 Å². The Morgan fingerprint density at radius 1 is 1.16 bits per heavy atom. The van der Waals surface area contributed by atoms with Crippen molar-refractivity contribution in [3.05, 3.63) is 0 Å². The molecule has 1 aliphatic rings. The molecule has 1 fully saturated rings. The number of hydrogen-bond acceptors (Lipinski definition) is 2. The van der Waals surface area contributed by atoms with Gasteiger partial charge in [-0.05, 0) is 82.0 Å². The average Bonchev–Trinajstić information content (AvgIpc) is 2.52. The van der Waals surface area contributed by atoms with Crippen LogP contribution in [0.5, 0.6) is 0 Å². The van der Waals surface area contributed by atoms with E-state index >= 15 is 0 Å². The number of nitrogens with zero attached hydrogens (tertiary/aromatic N) is 1. The summed E-state index contributed by atoms with van der Waals surface area (Å²) in [5.74, 6) is 1.72. The van der Waals surface area contributed by atoms with Gasteiger partial charge < -0.3 is 10.6 Å². The molecule has 1 saturated heterocycles. The first kappa shape index (κ1) is 17.0. The zero-order valence-corrected chi connectivity index (χ0v) is 13.8. The Labute approximate surface area is 121 Å². The first-order valence-corrected chi connectivity index (χ1v) is 8.36. The topological polar surface area (TPSA) is 29.3 Å². The molecule has 0 bridgehead atoms. The lowest BCUT2D eigenvalue weighted by atomic mass is 9.76. The van der Waals surface area contributed by atoms with Gasteiger partial charge in [0.05, 0.1) is 0 Å². The summed E-state index contributed by atoms with van der Waals surface area (Å²) in [7, 11) is 0. The van der Waals surface area contributed by atoms with Crippen LogP contribution in [0, 0.1) is 17.3 Å². The Morgan fingerprint density at radius 3 is 2.53 bits per heavy atom. The van der Waals surface area contributed by atoms with Crippen molar-refractivity contribution in [2.24, 2.45) is 23.0 Å². The standard InChI is InChI=1S/C17H36N2/c1-15-7-5-12-19(14-10-15)13-6-8-16(9-11-18)17(2,3)4/h15-16H,5-14,18H2,1-4H3. The van der Waals surface area contributed by atoms with Crippen LogP contribution in [0.1, 0.15) is 66.2 Å². The third-order valence-corrected chi connectivity index (χ3v) is 4.88. The van der Waals surface area contributed by atoms with Crippen molar-refractivity contribution in [1.82, 2.24) is 4.90 Å². The van der Waals surface area contributed by atoms with Gasteiger partial charge in [-0.15, -0.1) is 0 Å². The van der Waals surface area contributed by atoms with Crippen molar-refractivity contribution in [2.75, 3.05) is 26.2 Å². The van der Waals surface area contributed by atoms with E-state index in [1.807, 2.05) is 0 Å². The second-order valence-electron chi connectivity index (χ2n) is 7.66. The van der Waals surface area contributed by atoms with E-state index in [1.54, 1.807) is 0 Å². The minimum absolute atomic E-state index is 0.409. The molecule has 0 spiro atoms. The maximum absolute atomic E-state index is 5.77. The first-order valence-electron chi connectivity index (χ1n) is 8.36. The first-order chi connectivity index (χ1) is 8.93. The van der Waals surface area contributed by atoms with Crippen molar-refractivity contribution < 1.29 is 0 Å². The Bertz CT molecular complexity index is 232. The molecule has 1 aliphatic heterocycles. The lowest BCUT2D eigenvalue weighted by molar-refractivity contribution is 0.194. The van der Waals surface area contributed by atoms with E-state index in [2.05, 4.69) is 32.6 Å². The van der Waals surface area contributed by atoms with E-state index in [1.165, 1.54) is 58.2 Å². The van der Waals surface area contributed by atoms with E-state index in [9.17, 15) is 0 Å². The maximum Gasteiger partial charge on any atom is -0.00162 e. The van der Waals surface area contributed by atoms with E-state index in [-0.39, 0.29) is 0 Å². The molecular formula is C17H36N2. The number of nitrogens with two attached hydrogens (primary N) is 1. The Hall–Kier alpha value is -0.0800. The third kappa shape index (κ3) is 6.76. The summed E-state index contributed by atoms with van der Waals surface area (Å²) < 4.78 is 0. The minimum Gasteiger partial charge on any atom is -0.330 e. The van der Waals surface area contributed by atoms with Crippen molar-refractivity contribution in [3.63, 3.8) is 0 Å². The summed E-state index contributed by atoms with van der Waals surface area (Å²) in [4.78, 5) is 2.69. The number of likely N-dealkylation sites (tertiary alicyclic amines) is 1. The van der Waals surface area contributed by atoms with Crippen LogP contribution in [-0.4, -0.2) is 31.1 Å². The normalized spacial score (nSPS) is 24.2. The molecule has 1 heterocycles. The largest absolute Gasteiger partial charge is 0.330 e. The number of hydrogen-bond donors (Lipinski definition) is 1. The lowest BCUT2D eigenvalue weighted by Gasteiger charge is -2.31. The lowest BCUT2D eigenvalue weighted by Crippen LogP contribution is -2.28. The molecule has 0 aliphatic carbocycles. The molecule has 0 aromatic rings. The summed E-state index contributed by atoms with van der Waals surface area (Å²) in [6, 6.07) is 0. The highest BCUT2D eigenvalue weighted by Crippen LogP contribution is 2.32. The molecule has 1 rings (SSSR count). The molecule has 2 N–H and O–H groups in total. The van der Waals surface area contributed by atoms with Gasteiger partial charge >= 0.3 is 0 Å². The average molecular weight is 268 g/mol. The van der Waals surface area contributed by atoms with Gasteiger partial charge in [0.15, 0.2) is 0 Å². The Kier molecular flexibility index (Phi) is 7.38. The summed E-state index contributed by atoms with van der Waals surface area (Å²) in [5.41, 5.74) is 6.18. The predicted octanol–water partition coefficient (Wildman–Crippen LogP) is 3.90.